The first-order valence-electron chi connectivity index (χ1n) is 6.74. The third-order valence-corrected chi connectivity index (χ3v) is 3.99. The molecule has 4 nitrogen and oxygen atoms in total. The smallest absolute Gasteiger partial charge is 0.336 e. The molecule has 0 spiro atoms. The predicted octanol–water partition coefficient (Wildman–Crippen LogP) is 2.72. The van der Waals surface area contributed by atoms with Gasteiger partial charge in [0.25, 0.3) is 11.7 Å². The molecule has 0 radical (unpaired) electrons. The van der Waals surface area contributed by atoms with Crippen LogP contribution in [0.25, 0.3) is 0 Å². The van der Waals surface area contributed by atoms with E-state index in [1.807, 2.05) is 0 Å². The number of carbonyl (C=O) groups is 1. The highest BCUT2D eigenvalue weighted by Crippen LogP contribution is 2.27. The Morgan fingerprint density at radius 2 is 1.91 bits per heavy atom. The summed E-state index contributed by atoms with van der Waals surface area (Å²) in [6, 6.07) is 2.85. The number of thioether (sulfide) groups is 1. The molecule has 0 saturated carbocycles. The summed E-state index contributed by atoms with van der Waals surface area (Å²) in [6.45, 7) is -0.620. The molecule has 1 amide bonds. The van der Waals surface area contributed by atoms with Crippen LogP contribution in [-0.2, 0) is 0 Å². The van der Waals surface area contributed by atoms with Gasteiger partial charge in [0.2, 0.25) is 0 Å². The molecule has 10 heteroatoms. The van der Waals surface area contributed by atoms with Crippen LogP contribution in [0.4, 0.5) is 22.0 Å². The number of alkyl halides is 5. The molecule has 0 aromatic carbocycles. The molecule has 1 aliphatic rings. The van der Waals surface area contributed by atoms with E-state index in [0.717, 1.165) is 0 Å². The zero-order chi connectivity index (χ0) is 17.0. The SMILES string of the molecule is O=C(c1cccnc1SC(F)F)N1CCN(CC(F)(F)F)CC1. The summed E-state index contributed by atoms with van der Waals surface area (Å²) in [5, 5.41) is -0.0785. The molecule has 0 atom stereocenters. The normalized spacial score (nSPS) is 16.9. The molecule has 0 bridgehead atoms. The van der Waals surface area contributed by atoms with Crippen LogP contribution in [-0.4, -0.2) is 65.3 Å². The molecular weight excluding hydrogens is 341 g/mol. The van der Waals surface area contributed by atoms with Crippen LogP contribution in [0.1, 0.15) is 10.4 Å². The van der Waals surface area contributed by atoms with Crippen molar-refractivity contribution in [1.82, 2.24) is 14.8 Å². The molecule has 23 heavy (non-hydrogen) atoms. The van der Waals surface area contributed by atoms with Gasteiger partial charge in [0.05, 0.1) is 12.1 Å². The summed E-state index contributed by atoms with van der Waals surface area (Å²) in [6.07, 6.45) is -2.97. The predicted molar refractivity (Wildman–Crippen MR) is 74.5 cm³/mol. The zero-order valence-corrected chi connectivity index (χ0v) is 12.7. The van der Waals surface area contributed by atoms with Gasteiger partial charge in [-0.15, -0.1) is 0 Å². The van der Waals surface area contributed by atoms with Gasteiger partial charge in [-0.3, -0.25) is 9.69 Å². The van der Waals surface area contributed by atoms with Crippen LogP contribution >= 0.6 is 11.8 Å². The van der Waals surface area contributed by atoms with E-state index in [1.165, 1.54) is 28.1 Å². The number of hydrogen-bond acceptors (Lipinski definition) is 4. The average Bonchev–Trinajstić information content (AvgIpc) is 2.45. The van der Waals surface area contributed by atoms with E-state index in [1.54, 1.807) is 0 Å². The number of pyridine rings is 1. The molecule has 2 heterocycles. The fourth-order valence-corrected chi connectivity index (χ4v) is 2.84. The minimum atomic E-state index is -4.28. The highest BCUT2D eigenvalue weighted by Gasteiger charge is 2.33. The van der Waals surface area contributed by atoms with Gasteiger partial charge in [0, 0.05) is 32.4 Å². The monoisotopic (exact) mass is 355 g/mol. The van der Waals surface area contributed by atoms with Crippen molar-refractivity contribution in [2.24, 2.45) is 0 Å². The van der Waals surface area contributed by atoms with Gasteiger partial charge < -0.3 is 4.90 Å². The second-order valence-corrected chi connectivity index (χ2v) is 5.90. The van der Waals surface area contributed by atoms with Gasteiger partial charge >= 0.3 is 6.18 Å². The van der Waals surface area contributed by atoms with Gasteiger partial charge in [-0.2, -0.15) is 22.0 Å². The third kappa shape index (κ3) is 5.31. The number of amides is 1. The van der Waals surface area contributed by atoms with E-state index in [4.69, 9.17) is 0 Å². The molecule has 0 N–H and O–H groups in total. The summed E-state index contributed by atoms with van der Waals surface area (Å²) in [4.78, 5) is 18.7. The standard InChI is InChI=1S/C13H14F5N3OS/c14-12(15)23-10-9(2-1-3-19-10)11(22)21-6-4-20(5-7-21)8-13(16,17)18/h1-3,12H,4-8H2. The Bertz CT molecular complexity index is 547. The van der Waals surface area contributed by atoms with Crippen molar-refractivity contribution in [1.29, 1.82) is 0 Å². The van der Waals surface area contributed by atoms with Crippen molar-refractivity contribution >= 4 is 17.7 Å². The van der Waals surface area contributed by atoms with Crippen LogP contribution in [0.3, 0.4) is 0 Å². The minimum Gasteiger partial charge on any atom is -0.336 e. The van der Waals surface area contributed by atoms with Gasteiger partial charge in [-0.25, -0.2) is 4.98 Å². The number of halogens is 5. The van der Waals surface area contributed by atoms with Crippen molar-refractivity contribution in [3.63, 3.8) is 0 Å². The Morgan fingerprint density at radius 3 is 2.48 bits per heavy atom. The van der Waals surface area contributed by atoms with Crippen LogP contribution < -0.4 is 0 Å². The van der Waals surface area contributed by atoms with E-state index in [2.05, 4.69) is 4.98 Å². The van der Waals surface area contributed by atoms with E-state index < -0.39 is 24.4 Å². The number of nitrogens with zero attached hydrogens (tertiary/aromatic N) is 3. The molecule has 1 fully saturated rings. The molecule has 2 rings (SSSR count). The summed E-state index contributed by atoms with van der Waals surface area (Å²) < 4.78 is 62.0. The second kappa shape index (κ2) is 7.43. The highest BCUT2D eigenvalue weighted by atomic mass is 32.2. The van der Waals surface area contributed by atoms with E-state index in [9.17, 15) is 26.7 Å². The Labute approximate surface area is 133 Å². The lowest BCUT2D eigenvalue weighted by Crippen LogP contribution is -2.51. The quantitative estimate of drug-likeness (QED) is 0.615. The molecule has 0 aliphatic carbocycles. The van der Waals surface area contributed by atoms with E-state index >= 15 is 0 Å². The lowest BCUT2D eigenvalue weighted by atomic mass is 10.2. The fraction of sp³-hybridized carbons (Fsp3) is 0.538. The number of aromatic nitrogens is 1. The maximum absolute atomic E-state index is 12.5. The minimum absolute atomic E-state index is 0.0436. The Kier molecular flexibility index (Phi) is 5.79. The van der Waals surface area contributed by atoms with Crippen LogP contribution in [0.15, 0.2) is 23.4 Å². The van der Waals surface area contributed by atoms with Crippen LogP contribution in [0, 0.1) is 0 Å². The largest absolute Gasteiger partial charge is 0.401 e. The van der Waals surface area contributed by atoms with Crippen molar-refractivity contribution in [2.75, 3.05) is 32.7 Å². The molecule has 1 aromatic heterocycles. The van der Waals surface area contributed by atoms with Crippen molar-refractivity contribution in [2.45, 2.75) is 17.0 Å². The van der Waals surface area contributed by atoms with Gasteiger partial charge in [-0.1, -0.05) is 0 Å². The number of piperazine rings is 1. The van der Waals surface area contributed by atoms with E-state index in [0.29, 0.717) is 0 Å². The van der Waals surface area contributed by atoms with Crippen molar-refractivity contribution in [3.05, 3.63) is 23.9 Å². The van der Waals surface area contributed by atoms with Crippen LogP contribution in [0.5, 0.6) is 0 Å². The summed E-state index contributed by atoms with van der Waals surface area (Å²) in [7, 11) is 0. The summed E-state index contributed by atoms with van der Waals surface area (Å²) in [5.74, 6) is -3.20. The highest BCUT2D eigenvalue weighted by molar-refractivity contribution is 7.99. The van der Waals surface area contributed by atoms with Gasteiger partial charge in [-0.05, 0) is 23.9 Å². The lowest BCUT2D eigenvalue weighted by Gasteiger charge is -2.35. The first-order chi connectivity index (χ1) is 10.8. The summed E-state index contributed by atoms with van der Waals surface area (Å²) >= 11 is 0.175. The number of carbonyl (C=O) groups excluding carboxylic acids is 1. The first-order valence-corrected chi connectivity index (χ1v) is 7.62. The fourth-order valence-electron chi connectivity index (χ4n) is 2.26. The molecule has 1 saturated heterocycles. The first kappa shape index (κ1) is 17.9. The summed E-state index contributed by atoms with van der Waals surface area (Å²) in [5.41, 5.74) is 0.0436. The molecule has 1 aliphatic heterocycles. The van der Waals surface area contributed by atoms with Crippen LogP contribution in [0.2, 0.25) is 0 Å². The Hall–Kier alpha value is -1.42. The maximum atomic E-state index is 12.5. The lowest BCUT2D eigenvalue weighted by molar-refractivity contribution is -0.148. The molecule has 1 aromatic rings. The maximum Gasteiger partial charge on any atom is 0.401 e. The molecular formula is C13H14F5N3OS. The van der Waals surface area contributed by atoms with Crippen molar-refractivity contribution < 1.29 is 26.7 Å². The molecule has 0 unspecified atom stereocenters. The number of hydrogen-bond donors (Lipinski definition) is 0. The van der Waals surface area contributed by atoms with Crippen molar-refractivity contribution in [3.8, 4) is 0 Å². The van der Waals surface area contributed by atoms with E-state index in [-0.39, 0.29) is 48.5 Å². The van der Waals surface area contributed by atoms with Gasteiger partial charge in [0.1, 0.15) is 5.03 Å². The number of rotatable bonds is 4. The second-order valence-electron chi connectivity index (χ2n) is 4.92. The Balaban J connectivity index is 2.00. The zero-order valence-electron chi connectivity index (χ0n) is 11.9. The van der Waals surface area contributed by atoms with Gasteiger partial charge in [0.15, 0.2) is 0 Å². The molecule has 128 valence electrons. The Morgan fingerprint density at radius 1 is 1.26 bits per heavy atom. The average molecular weight is 355 g/mol. The third-order valence-electron chi connectivity index (χ3n) is 3.26. The topological polar surface area (TPSA) is 36.4 Å².